The zero-order valence-electron chi connectivity index (χ0n) is 12.4. The van der Waals surface area contributed by atoms with Gasteiger partial charge in [0, 0.05) is 6.54 Å². The number of ether oxygens (including phenoxy) is 3. The van der Waals surface area contributed by atoms with Crippen molar-refractivity contribution in [2.45, 2.75) is 6.92 Å². The maximum atomic E-state index is 11.5. The molecule has 0 aromatic heterocycles. The number of hydrogen-bond acceptors (Lipinski definition) is 6. The van der Waals surface area contributed by atoms with Gasteiger partial charge in [-0.25, -0.2) is 9.59 Å². The number of carbonyl (C=O) groups is 3. The van der Waals surface area contributed by atoms with Crippen LogP contribution in [0.4, 0.5) is 4.79 Å². The van der Waals surface area contributed by atoms with Gasteiger partial charge < -0.3 is 19.5 Å². The van der Waals surface area contributed by atoms with Crippen molar-refractivity contribution in [1.29, 1.82) is 0 Å². The lowest BCUT2D eigenvalue weighted by Crippen LogP contribution is -2.41. The first-order valence-electron chi connectivity index (χ1n) is 6.56. The third-order valence-electron chi connectivity index (χ3n) is 2.37. The van der Waals surface area contributed by atoms with Crippen LogP contribution in [0.3, 0.4) is 0 Å². The van der Waals surface area contributed by atoms with E-state index in [4.69, 9.17) is 9.47 Å². The van der Waals surface area contributed by atoms with Gasteiger partial charge in [-0.2, -0.15) is 0 Å². The largest absolute Gasteiger partial charge is 0.493 e. The molecule has 0 aliphatic heterocycles. The molecule has 0 bridgehead atoms. The van der Waals surface area contributed by atoms with Crippen LogP contribution >= 0.6 is 0 Å². The molecule has 0 fully saturated rings. The lowest BCUT2D eigenvalue weighted by molar-refractivity contribution is -0.150. The van der Waals surface area contributed by atoms with E-state index in [-0.39, 0.29) is 6.61 Å². The van der Waals surface area contributed by atoms with Gasteiger partial charge in [0.25, 0.3) is 5.91 Å². The Labute approximate surface area is 127 Å². The second-order valence-electron chi connectivity index (χ2n) is 4.01. The summed E-state index contributed by atoms with van der Waals surface area (Å²) in [5.74, 6) is -0.605. The first-order chi connectivity index (χ1) is 10.6. The van der Waals surface area contributed by atoms with Crippen molar-refractivity contribution < 1.29 is 28.6 Å². The van der Waals surface area contributed by atoms with E-state index in [1.165, 1.54) is 7.11 Å². The molecule has 1 rings (SSSR count). The molecule has 0 heterocycles. The number of carbonyl (C=O) groups excluding carboxylic acids is 3. The summed E-state index contributed by atoms with van der Waals surface area (Å²) in [7, 11) is 1.48. The minimum absolute atomic E-state index is 0.380. The second-order valence-corrected chi connectivity index (χ2v) is 4.01. The number of amides is 3. The number of nitrogens with one attached hydrogen (secondary N) is 2. The standard InChI is InChI=1S/C14H18N2O6/c1-3-15-14(19)16-12(17)8-22-13(18)9-21-11-7-5-4-6-10(11)20-2/h4-7H,3,8-9H2,1-2H3,(H2,15,16,17,19). The Morgan fingerprint density at radius 3 is 2.41 bits per heavy atom. The number of rotatable bonds is 7. The minimum Gasteiger partial charge on any atom is -0.493 e. The third kappa shape index (κ3) is 6.12. The van der Waals surface area contributed by atoms with Crippen molar-refractivity contribution >= 4 is 17.9 Å². The van der Waals surface area contributed by atoms with Gasteiger partial charge in [-0.15, -0.1) is 0 Å². The van der Waals surface area contributed by atoms with Crippen molar-refractivity contribution in [3.05, 3.63) is 24.3 Å². The fourth-order valence-electron chi connectivity index (χ4n) is 1.43. The summed E-state index contributed by atoms with van der Waals surface area (Å²) in [5, 5.41) is 4.37. The Morgan fingerprint density at radius 2 is 1.77 bits per heavy atom. The van der Waals surface area contributed by atoms with E-state index in [0.717, 1.165) is 0 Å². The van der Waals surface area contributed by atoms with Gasteiger partial charge in [-0.1, -0.05) is 12.1 Å². The summed E-state index contributed by atoms with van der Waals surface area (Å²) >= 11 is 0. The molecule has 0 unspecified atom stereocenters. The Balaban J connectivity index is 2.32. The number of esters is 1. The fourth-order valence-corrected chi connectivity index (χ4v) is 1.43. The van der Waals surface area contributed by atoms with E-state index in [9.17, 15) is 14.4 Å². The average molecular weight is 310 g/mol. The summed E-state index contributed by atoms with van der Waals surface area (Å²) in [6.45, 7) is 1.14. The Kier molecular flexibility index (Phi) is 7.24. The molecule has 0 atom stereocenters. The van der Waals surface area contributed by atoms with Crippen LogP contribution in [0.25, 0.3) is 0 Å². The quantitative estimate of drug-likeness (QED) is 0.709. The van der Waals surface area contributed by atoms with E-state index in [2.05, 4.69) is 10.1 Å². The summed E-state index contributed by atoms with van der Waals surface area (Å²) in [4.78, 5) is 33.8. The number of hydrogen-bond donors (Lipinski definition) is 2. The predicted octanol–water partition coefficient (Wildman–Crippen LogP) is 0.463. The number of imide groups is 1. The van der Waals surface area contributed by atoms with Gasteiger partial charge in [0.1, 0.15) is 0 Å². The maximum Gasteiger partial charge on any atom is 0.344 e. The van der Waals surface area contributed by atoms with Crippen LogP contribution < -0.4 is 20.1 Å². The first-order valence-corrected chi connectivity index (χ1v) is 6.56. The van der Waals surface area contributed by atoms with Crippen molar-refractivity contribution in [3.8, 4) is 11.5 Å². The molecular weight excluding hydrogens is 292 g/mol. The molecule has 120 valence electrons. The summed E-state index contributed by atoms with van der Waals surface area (Å²) < 4.78 is 15.0. The fraction of sp³-hybridized carbons (Fsp3) is 0.357. The van der Waals surface area contributed by atoms with Crippen LogP contribution in [0.1, 0.15) is 6.92 Å². The van der Waals surface area contributed by atoms with Crippen LogP contribution in [0.5, 0.6) is 11.5 Å². The number of para-hydroxylation sites is 2. The van der Waals surface area contributed by atoms with Crippen LogP contribution in [-0.2, 0) is 14.3 Å². The van der Waals surface area contributed by atoms with Gasteiger partial charge in [0.05, 0.1) is 7.11 Å². The van der Waals surface area contributed by atoms with E-state index in [1.54, 1.807) is 31.2 Å². The summed E-state index contributed by atoms with van der Waals surface area (Å²) in [5.41, 5.74) is 0. The highest BCUT2D eigenvalue weighted by atomic mass is 16.6. The van der Waals surface area contributed by atoms with Crippen molar-refractivity contribution in [2.75, 3.05) is 26.9 Å². The highest BCUT2D eigenvalue weighted by Gasteiger charge is 2.12. The normalized spacial score (nSPS) is 9.55. The van der Waals surface area contributed by atoms with Crippen LogP contribution in [0, 0.1) is 0 Å². The lowest BCUT2D eigenvalue weighted by atomic mass is 10.3. The molecule has 0 radical (unpaired) electrons. The molecule has 1 aromatic rings. The molecule has 8 nitrogen and oxygen atoms in total. The van der Waals surface area contributed by atoms with Crippen molar-refractivity contribution in [3.63, 3.8) is 0 Å². The van der Waals surface area contributed by atoms with Gasteiger partial charge >= 0.3 is 12.0 Å². The summed E-state index contributed by atoms with van der Waals surface area (Å²) in [6.07, 6.45) is 0. The van der Waals surface area contributed by atoms with Gasteiger partial charge in [0.2, 0.25) is 0 Å². The zero-order chi connectivity index (χ0) is 16.4. The molecule has 2 N–H and O–H groups in total. The third-order valence-corrected chi connectivity index (χ3v) is 2.37. The Morgan fingerprint density at radius 1 is 1.09 bits per heavy atom. The number of methoxy groups -OCH3 is 1. The smallest absolute Gasteiger partial charge is 0.344 e. The highest BCUT2D eigenvalue weighted by Crippen LogP contribution is 2.25. The molecule has 0 saturated carbocycles. The number of urea groups is 1. The van der Waals surface area contributed by atoms with Crippen LogP contribution in [-0.4, -0.2) is 44.8 Å². The molecule has 22 heavy (non-hydrogen) atoms. The molecule has 8 heteroatoms. The molecular formula is C14H18N2O6. The molecule has 0 saturated heterocycles. The Hall–Kier alpha value is -2.77. The molecule has 1 aromatic carbocycles. The molecule has 0 spiro atoms. The van der Waals surface area contributed by atoms with Crippen molar-refractivity contribution in [1.82, 2.24) is 10.6 Å². The van der Waals surface area contributed by atoms with Crippen LogP contribution in [0.2, 0.25) is 0 Å². The predicted molar refractivity (Wildman–Crippen MR) is 76.7 cm³/mol. The van der Waals surface area contributed by atoms with Crippen LogP contribution in [0.15, 0.2) is 24.3 Å². The second kappa shape index (κ2) is 9.22. The SMILES string of the molecule is CCNC(=O)NC(=O)COC(=O)COc1ccccc1OC. The monoisotopic (exact) mass is 310 g/mol. The minimum atomic E-state index is -0.739. The maximum absolute atomic E-state index is 11.5. The topological polar surface area (TPSA) is 103 Å². The average Bonchev–Trinajstić information content (AvgIpc) is 2.51. The number of benzene rings is 1. The van der Waals surface area contributed by atoms with E-state index in [1.807, 2.05) is 5.32 Å². The lowest BCUT2D eigenvalue weighted by Gasteiger charge is -2.10. The summed E-state index contributed by atoms with van der Waals surface area (Å²) in [6, 6.07) is 6.15. The highest BCUT2D eigenvalue weighted by molar-refractivity contribution is 5.95. The Bertz CT molecular complexity index is 532. The van der Waals surface area contributed by atoms with Crippen molar-refractivity contribution in [2.24, 2.45) is 0 Å². The van der Waals surface area contributed by atoms with Gasteiger partial charge in [0.15, 0.2) is 24.7 Å². The van der Waals surface area contributed by atoms with Gasteiger partial charge in [-0.05, 0) is 19.1 Å². The van der Waals surface area contributed by atoms with E-state index < -0.39 is 24.5 Å². The first kappa shape index (κ1) is 17.3. The molecule has 0 aliphatic rings. The molecule has 3 amide bonds. The molecule has 0 aliphatic carbocycles. The van der Waals surface area contributed by atoms with Gasteiger partial charge in [-0.3, -0.25) is 10.1 Å². The van der Waals surface area contributed by atoms with E-state index >= 15 is 0 Å². The van der Waals surface area contributed by atoms with E-state index in [0.29, 0.717) is 18.0 Å². The zero-order valence-corrected chi connectivity index (χ0v) is 12.4.